The number of hydrogen-bond acceptors (Lipinski definition) is 4. The molecule has 6 nitrogen and oxygen atoms in total. The summed E-state index contributed by atoms with van der Waals surface area (Å²) in [6.07, 6.45) is -0.368. The van der Waals surface area contributed by atoms with E-state index in [1.807, 2.05) is 0 Å². The first-order valence-electron chi connectivity index (χ1n) is 3.18. The molecule has 0 heterocycles. The minimum absolute atomic E-state index is 0. The zero-order chi connectivity index (χ0) is 10.7. The Morgan fingerprint density at radius 2 is 1.43 bits per heavy atom. The summed E-state index contributed by atoms with van der Waals surface area (Å²) < 4.78 is 56.5. The van der Waals surface area contributed by atoms with E-state index in [9.17, 15) is 16.8 Å². The summed E-state index contributed by atoms with van der Waals surface area (Å²) in [5.41, 5.74) is 0. The second-order valence-corrected chi connectivity index (χ2v) is 6.17. The van der Waals surface area contributed by atoms with Gasteiger partial charge in [-0.3, -0.25) is 9.11 Å². The SMILES string of the molecule is O=S(=O)(O)C(CCCCl)S(=O)(=O)O.[NaH]. The van der Waals surface area contributed by atoms with E-state index in [4.69, 9.17) is 20.7 Å². The van der Waals surface area contributed by atoms with Crippen LogP contribution in [0.3, 0.4) is 0 Å². The fourth-order valence-electron chi connectivity index (χ4n) is 0.695. The minimum atomic E-state index is -4.79. The van der Waals surface area contributed by atoms with Crippen LogP contribution in [-0.2, 0) is 20.2 Å². The van der Waals surface area contributed by atoms with Gasteiger partial charge >= 0.3 is 29.6 Å². The first-order valence-corrected chi connectivity index (χ1v) is 6.72. The topological polar surface area (TPSA) is 109 Å². The molecule has 82 valence electrons. The third kappa shape index (κ3) is 6.57. The molecule has 0 aliphatic rings. The molecule has 0 radical (unpaired) electrons. The summed E-state index contributed by atoms with van der Waals surface area (Å²) in [5, 5.41) is 0. The maximum absolute atomic E-state index is 10.5. The Labute approximate surface area is 110 Å². The van der Waals surface area contributed by atoms with Crippen molar-refractivity contribution in [1.29, 1.82) is 0 Å². The average molecular weight is 277 g/mol. The van der Waals surface area contributed by atoms with Crippen molar-refractivity contribution in [2.75, 3.05) is 5.88 Å². The summed E-state index contributed by atoms with van der Waals surface area (Å²) in [5.74, 6) is 0.0432. The zero-order valence-electron chi connectivity index (χ0n) is 6.42. The van der Waals surface area contributed by atoms with Gasteiger partial charge < -0.3 is 0 Å². The van der Waals surface area contributed by atoms with Crippen molar-refractivity contribution in [3.05, 3.63) is 0 Å². The second-order valence-electron chi connectivity index (χ2n) is 2.29. The van der Waals surface area contributed by atoms with Crippen molar-refractivity contribution >= 4 is 61.4 Å². The third-order valence-electron chi connectivity index (χ3n) is 1.24. The molecule has 0 fully saturated rings. The van der Waals surface area contributed by atoms with Gasteiger partial charge in [-0.1, -0.05) is 0 Å². The molecule has 0 spiro atoms. The summed E-state index contributed by atoms with van der Waals surface area (Å²) in [4.78, 5) is 0. The first kappa shape index (κ1) is 17.5. The summed E-state index contributed by atoms with van der Waals surface area (Å²) in [6.45, 7) is 0. The van der Waals surface area contributed by atoms with Gasteiger partial charge in [0.2, 0.25) is 4.58 Å². The van der Waals surface area contributed by atoms with E-state index in [0.717, 1.165) is 0 Å². The number of halogens is 1. The molecular weight excluding hydrogens is 267 g/mol. The monoisotopic (exact) mass is 276 g/mol. The molecule has 0 unspecified atom stereocenters. The van der Waals surface area contributed by atoms with E-state index in [2.05, 4.69) is 0 Å². The van der Waals surface area contributed by atoms with Gasteiger partial charge in [0.1, 0.15) is 0 Å². The summed E-state index contributed by atoms with van der Waals surface area (Å²) in [6, 6.07) is 0. The molecule has 0 aliphatic carbocycles. The normalized spacial score (nSPS) is 12.6. The second kappa shape index (κ2) is 6.64. The Balaban J connectivity index is 0. The number of hydrogen-bond donors (Lipinski definition) is 2. The zero-order valence-corrected chi connectivity index (χ0v) is 8.81. The van der Waals surface area contributed by atoms with Crippen molar-refractivity contribution in [2.45, 2.75) is 17.4 Å². The van der Waals surface area contributed by atoms with E-state index >= 15 is 0 Å². The molecule has 2 N–H and O–H groups in total. The predicted octanol–water partition coefficient (Wildman–Crippen LogP) is -0.541. The molecule has 0 bridgehead atoms. The van der Waals surface area contributed by atoms with Crippen molar-refractivity contribution in [3.8, 4) is 0 Å². The van der Waals surface area contributed by atoms with Crippen LogP contribution < -0.4 is 0 Å². The van der Waals surface area contributed by atoms with E-state index in [1.54, 1.807) is 0 Å². The van der Waals surface area contributed by atoms with E-state index < -0.39 is 31.2 Å². The van der Waals surface area contributed by atoms with Gasteiger partial charge in [-0.05, 0) is 12.8 Å². The molecule has 0 aromatic heterocycles. The predicted molar refractivity (Wildman–Crippen MR) is 54.0 cm³/mol. The van der Waals surface area contributed by atoms with Crippen LogP contribution in [0.4, 0.5) is 0 Å². The van der Waals surface area contributed by atoms with Gasteiger partial charge in [0.05, 0.1) is 0 Å². The molecule has 0 amide bonds. The molecule has 0 aromatic rings. The van der Waals surface area contributed by atoms with Crippen LogP contribution in [0.25, 0.3) is 0 Å². The van der Waals surface area contributed by atoms with E-state index in [-0.39, 0.29) is 41.9 Å². The molecule has 14 heavy (non-hydrogen) atoms. The Morgan fingerprint density at radius 1 is 1.07 bits per heavy atom. The fraction of sp³-hybridized carbons (Fsp3) is 1.00. The van der Waals surface area contributed by atoms with Crippen molar-refractivity contribution in [3.63, 3.8) is 0 Å². The van der Waals surface area contributed by atoms with Gasteiger partial charge in [-0.25, -0.2) is 0 Å². The number of rotatable bonds is 5. The van der Waals surface area contributed by atoms with Crippen molar-refractivity contribution in [2.24, 2.45) is 0 Å². The van der Waals surface area contributed by atoms with Crippen LogP contribution >= 0.6 is 11.6 Å². The van der Waals surface area contributed by atoms with Crippen LogP contribution in [0.2, 0.25) is 0 Å². The summed E-state index contributed by atoms with van der Waals surface area (Å²) >= 11 is 5.19. The maximum atomic E-state index is 10.5. The Kier molecular flexibility index (Phi) is 8.30. The van der Waals surface area contributed by atoms with Gasteiger partial charge in [-0.2, -0.15) is 16.8 Å². The molecule has 0 saturated carbocycles. The molecule has 0 saturated heterocycles. The molecular formula is C4H10ClNaO6S2. The van der Waals surface area contributed by atoms with Crippen LogP contribution in [0.1, 0.15) is 12.8 Å². The summed E-state index contributed by atoms with van der Waals surface area (Å²) in [7, 11) is -9.58. The average Bonchev–Trinajstić information content (AvgIpc) is 1.81. The van der Waals surface area contributed by atoms with Crippen molar-refractivity contribution in [1.82, 2.24) is 0 Å². The molecule has 0 atom stereocenters. The Hall–Kier alpha value is 1.11. The van der Waals surface area contributed by atoms with Crippen LogP contribution in [-0.4, -0.2) is 66.0 Å². The van der Waals surface area contributed by atoms with Crippen LogP contribution in [0.5, 0.6) is 0 Å². The van der Waals surface area contributed by atoms with Crippen LogP contribution in [0.15, 0.2) is 0 Å². The van der Waals surface area contributed by atoms with Gasteiger partial charge in [0.25, 0.3) is 20.2 Å². The first-order chi connectivity index (χ1) is 5.69. The molecule has 0 rings (SSSR count). The number of alkyl halides is 1. The van der Waals surface area contributed by atoms with Gasteiger partial charge in [0.15, 0.2) is 0 Å². The molecule has 0 aliphatic heterocycles. The van der Waals surface area contributed by atoms with Gasteiger partial charge in [0, 0.05) is 5.88 Å². The standard InChI is InChI=1S/C4H9ClO6S2.Na.H/c5-3-1-2-4(12(6,7)8)13(9,10)11;;/h4H,1-3H2,(H,6,7,8)(H,9,10,11);;. The Bertz CT molecular complexity index is 316. The Morgan fingerprint density at radius 3 is 1.64 bits per heavy atom. The van der Waals surface area contributed by atoms with E-state index in [0.29, 0.717) is 0 Å². The van der Waals surface area contributed by atoms with Gasteiger partial charge in [-0.15, -0.1) is 11.6 Å². The quantitative estimate of drug-likeness (QED) is 0.396. The molecule has 10 heteroatoms. The third-order valence-corrected chi connectivity index (χ3v) is 4.76. The molecule has 0 aromatic carbocycles. The van der Waals surface area contributed by atoms with Crippen molar-refractivity contribution < 1.29 is 25.9 Å². The van der Waals surface area contributed by atoms with E-state index in [1.165, 1.54) is 0 Å². The fourth-order valence-corrected chi connectivity index (χ4v) is 3.01. The van der Waals surface area contributed by atoms with Crippen LogP contribution in [0, 0.1) is 0 Å².